The third-order valence-corrected chi connectivity index (χ3v) is 5.11. The number of likely N-dealkylation sites (tertiary alicyclic amines) is 1. The molecule has 0 aromatic rings. The van der Waals surface area contributed by atoms with Gasteiger partial charge in [0.05, 0.1) is 6.54 Å². The maximum Gasteiger partial charge on any atom is 0.237 e. The molecular formula is C15H27N3O. The van der Waals surface area contributed by atoms with Crippen LogP contribution >= 0.6 is 0 Å². The molecule has 108 valence electrons. The van der Waals surface area contributed by atoms with Gasteiger partial charge in [0.25, 0.3) is 0 Å². The first-order valence-corrected chi connectivity index (χ1v) is 8.07. The normalized spacial score (nSPS) is 32.9. The smallest absolute Gasteiger partial charge is 0.237 e. The van der Waals surface area contributed by atoms with Crippen molar-refractivity contribution in [1.82, 2.24) is 15.1 Å². The molecule has 19 heavy (non-hydrogen) atoms. The van der Waals surface area contributed by atoms with Crippen LogP contribution in [0.15, 0.2) is 0 Å². The number of rotatable bonds is 2. The Hall–Kier alpha value is -0.610. The maximum absolute atomic E-state index is 12.6. The Labute approximate surface area is 116 Å². The molecule has 1 amide bonds. The molecule has 2 unspecified atom stereocenters. The van der Waals surface area contributed by atoms with E-state index >= 15 is 0 Å². The van der Waals surface area contributed by atoms with Crippen molar-refractivity contribution < 1.29 is 4.79 Å². The first kappa shape index (κ1) is 13.4. The quantitative estimate of drug-likeness (QED) is 0.811. The van der Waals surface area contributed by atoms with Crippen molar-refractivity contribution in [3.8, 4) is 0 Å². The van der Waals surface area contributed by atoms with Gasteiger partial charge in [-0.2, -0.15) is 0 Å². The van der Waals surface area contributed by atoms with E-state index in [2.05, 4.69) is 15.1 Å². The van der Waals surface area contributed by atoms with Gasteiger partial charge in [-0.25, -0.2) is 0 Å². The number of carbonyl (C=O) groups is 1. The van der Waals surface area contributed by atoms with Crippen LogP contribution in [0.4, 0.5) is 0 Å². The summed E-state index contributed by atoms with van der Waals surface area (Å²) in [4.78, 5) is 17.1. The summed E-state index contributed by atoms with van der Waals surface area (Å²) in [5.74, 6) is 1.20. The molecule has 0 bridgehead atoms. The molecule has 4 heteroatoms. The minimum Gasteiger partial charge on any atom is -0.338 e. The van der Waals surface area contributed by atoms with E-state index in [0.29, 0.717) is 18.5 Å². The zero-order valence-electron chi connectivity index (χ0n) is 11.9. The third-order valence-electron chi connectivity index (χ3n) is 5.11. The highest BCUT2D eigenvalue weighted by Crippen LogP contribution is 2.36. The highest BCUT2D eigenvalue weighted by molar-refractivity contribution is 5.78. The Kier molecular flexibility index (Phi) is 4.38. The van der Waals surface area contributed by atoms with Crippen LogP contribution in [-0.4, -0.2) is 61.0 Å². The number of fused-ring (bicyclic) bond motifs is 1. The molecule has 1 N–H and O–H groups in total. The molecule has 3 fully saturated rings. The van der Waals surface area contributed by atoms with Crippen LogP contribution in [0.3, 0.4) is 0 Å². The van der Waals surface area contributed by atoms with Crippen LogP contribution in [0.1, 0.15) is 38.5 Å². The second kappa shape index (κ2) is 6.23. The summed E-state index contributed by atoms with van der Waals surface area (Å²) in [5.41, 5.74) is 0. The van der Waals surface area contributed by atoms with E-state index in [1.165, 1.54) is 38.5 Å². The van der Waals surface area contributed by atoms with Crippen molar-refractivity contribution in [2.45, 2.75) is 44.6 Å². The van der Waals surface area contributed by atoms with E-state index < -0.39 is 0 Å². The van der Waals surface area contributed by atoms with E-state index in [-0.39, 0.29) is 0 Å². The number of carbonyl (C=O) groups excluding carboxylic acids is 1. The SMILES string of the molecule is O=C(CN1CCCNCC1)N1CCCC2CCCC21. The number of hydrogen-bond acceptors (Lipinski definition) is 3. The summed E-state index contributed by atoms with van der Waals surface area (Å²) < 4.78 is 0. The van der Waals surface area contributed by atoms with Crippen molar-refractivity contribution in [1.29, 1.82) is 0 Å². The molecule has 2 heterocycles. The third kappa shape index (κ3) is 3.11. The number of nitrogens with one attached hydrogen (secondary N) is 1. The zero-order chi connectivity index (χ0) is 13.1. The molecular weight excluding hydrogens is 238 g/mol. The van der Waals surface area contributed by atoms with Crippen LogP contribution in [0.2, 0.25) is 0 Å². The molecule has 2 atom stereocenters. The van der Waals surface area contributed by atoms with Crippen molar-refractivity contribution >= 4 is 5.91 Å². The van der Waals surface area contributed by atoms with Crippen molar-refractivity contribution in [2.75, 3.05) is 39.3 Å². The standard InChI is InChI=1S/C15H27N3O/c19-15(12-17-9-3-7-16-8-11-17)18-10-2-5-13-4-1-6-14(13)18/h13-14,16H,1-12H2. The van der Waals surface area contributed by atoms with E-state index in [1.54, 1.807) is 0 Å². The van der Waals surface area contributed by atoms with Gasteiger partial charge in [-0.15, -0.1) is 0 Å². The van der Waals surface area contributed by atoms with Gasteiger partial charge in [0.1, 0.15) is 0 Å². The molecule has 0 radical (unpaired) electrons. The predicted octanol–water partition coefficient (Wildman–Crippen LogP) is 1.07. The Morgan fingerprint density at radius 2 is 1.89 bits per heavy atom. The maximum atomic E-state index is 12.6. The molecule has 0 spiro atoms. The van der Waals surface area contributed by atoms with Crippen LogP contribution < -0.4 is 5.32 Å². The second-order valence-electron chi connectivity index (χ2n) is 6.37. The van der Waals surface area contributed by atoms with E-state index in [0.717, 1.165) is 38.6 Å². The number of piperidine rings is 1. The fourth-order valence-corrected chi connectivity index (χ4v) is 4.11. The molecule has 2 saturated heterocycles. The minimum absolute atomic E-state index is 0.388. The number of amides is 1. The molecule has 1 aliphatic carbocycles. The van der Waals surface area contributed by atoms with Gasteiger partial charge >= 0.3 is 0 Å². The highest BCUT2D eigenvalue weighted by Gasteiger charge is 2.37. The molecule has 2 aliphatic heterocycles. The molecule has 0 aromatic heterocycles. The van der Waals surface area contributed by atoms with Crippen molar-refractivity contribution in [3.05, 3.63) is 0 Å². The summed E-state index contributed by atoms with van der Waals surface area (Å²) in [5, 5.41) is 3.40. The van der Waals surface area contributed by atoms with Gasteiger partial charge < -0.3 is 10.2 Å². The lowest BCUT2D eigenvalue weighted by atomic mass is 9.92. The van der Waals surface area contributed by atoms with E-state index in [9.17, 15) is 4.79 Å². The second-order valence-corrected chi connectivity index (χ2v) is 6.37. The summed E-state index contributed by atoms with van der Waals surface area (Å²) in [6.07, 6.45) is 7.66. The zero-order valence-corrected chi connectivity index (χ0v) is 11.9. The van der Waals surface area contributed by atoms with Crippen LogP contribution in [-0.2, 0) is 4.79 Å². The lowest BCUT2D eigenvalue weighted by Crippen LogP contribution is -2.50. The predicted molar refractivity (Wildman–Crippen MR) is 76.0 cm³/mol. The Morgan fingerprint density at radius 1 is 1.00 bits per heavy atom. The average Bonchev–Trinajstić information content (AvgIpc) is 2.76. The topological polar surface area (TPSA) is 35.6 Å². The fraction of sp³-hybridized carbons (Fsp3) is 0.933. The van der Waals surface area contributed by atoms with Gasteiger partial charge in [-0.05, 0) is 51.1 Å². The summed E-state index contributed by atoms with van der Waals surface area (Å²) in [6.45, 7) is 5.86. The number of hydrogen-bond donors (Lipinski definition) is 1. The molecule has 0 aromatic carbocycles. The van der Waals surface area contributed by atoms with Crippen LogP contribution in [0, 0.1) is 5.92 Å². The molecule has 4 nitrogen and oxygen atoms in total. The van der Waals surface area contributed by atoms with Crippen molar-refractivity contribution in [3.63, 3.8) is 0 Å². The van der Waals surface area contributed by atoms with Crippen LogP contribution in [0.5, 0.6) is 0 Å². The summed E-state index contributed by atoms with van der Waals surface area (Å²) >= 11 is 0. The monoisotopic (exact) mass is 265 g/mol. The number of nitrogens with zero attached hydrogens (tertiary/aromatic N) is 2. The highest BCUT2D eigenvalue weighted by atomic mass is 16.2. The lowest BCUT2D eigenvalue weighted by molar-refractivity contribution is -0.137. The first-order valence-electron chi connectivity index (χ1n) is 8.07. The Balaban J connectivity index is 1.56. The average molecular weight is 265 g/mol. The fourth-order valence-electron chi connectivity index (χ4n) is 4.11. The Morgan fingerprint density at radius 3 is 2.84 bits per heavy atom. The lowest BCUT2D eigenvalue weighted by Gasteiger charge is -2.38. The van der Waals surface area contributed by atoms with E-state index in [4.69, 9.17) is 0 Å². The summed E-state index contributed by atoms with van der Waals surface area (Å²) in [6, 6.07) is 0.575. The molecule has 3 aliphatic rings. The summed E-state index contributed by atoms with van der Waals surface area (Å²) in [7, 11) is 0. The Bertz CT molecular complexity index is 313. The minimum atomic E-state index is 0.388. The first-order chi connectivity index (χ1) is 9.34. The van der Waals surface area contributed by atoms with Gasteiger partial charge in [-0.1, -0.05) is 6.42 Å². The van der Waals surface area contributed by atoms with Gasteiger partial charge in [0, 0.05) is 25.7 Å². The van der Waals surface area contributed by atoms with Crippen LogP contribution in [0.25, 0.3) is 0 Å². The van der Waals surface area contributed by atoms with E-state index in [1.807, 2.05) is 0 Å². The molecule has 3 rings (SSSR count). The molecule has 1 saturated carbocycles. The van der Waals surface area contributed by atoms with Crippen molar-refractivity contribution in [2.24, 2.45) is 5.92 Å². The van der Waals surface area contributed by atoms with Gasteiger partial charge in [0.15, 0.2) is 0 Å². The van der Waals surface area contributed by atoms with Gasteiger partial charge in [0.2, 0.25) is 5.91 Å². The van der Waals surface area contributed by atoms with Gasteiger partial charge in [-0.3, -0.25) is 9.69 Å². The largest absolute Gasteiger partial charge is 0.338 e.